The monoisotopic (exact) mass is 1230 g/mol. The Kier molecular flexibility index (Phi) is 74.9. The molecule has 0 fully saturated rings. The summed E-state index contributed by atoms with van der Waals surface area (Å²) in [7, 11) is 0. The molecule has 2 atom stereocenters. The molecule has 0 aromatic heterocycles. The van der Waals surface area contributed by atoms with E-state index in [1.54, 1.807) is 6.08 Å². The van der Waals surface area contributed by atoms with Crippen molar-refractivity contribution in [3.8, 4) is 0 Å². The molecule has 516 valence electrons. The molecule has 0 radical (unpaired) electrons. The van der Waals surface area contributed by atoms with Gasteiger partial charge in [0, 0.05) is 12.8 Å². The van der Waals surface area contributed by atoms with Crippen LogP contribution < -0.4 is 5.32 Å². The van der Waals surface area contributed by atoms with Gasteiger partial charge in [0.05, 0.1) is 25.4 Å². The van der Waals surface area contributed by atoms with Crippen LogP contribution in [0.25, 0.3) is 0 Å². The molecule has 0 spiro atoms. The molecule has 2 unspecified atom stereocenters. The van der Waals surface area contributed by atoms with E-state index >= 15 is 0 Å². The van der Waals surface area contributed by atoms with Crippen LogP contribution in [-0.2, 0) is 14.3 Å². The van der Waals surface area contributed by atoms with E-state index in [1.165, 1.54) is 340 Å². The standard InChI is InChI=1S/C82H153NO5/c1-3-5-7-9-11-13-15-17-19-21-23-24-32-35-39-42-46-50-54-58-62-66-70-74-80(85)79(78-84)83-81(86)75-71-67-63-59-55-51-47-43-40-36-33-30-28-26-25-27-29-31-34-37-41-45-49-53-57-61-65-69-73-77-88-82(87)76-72-68-64-60-56-52-48-44-38-22-20-18-16-14-12-10-8-6-4-2/h12,14,18,20,25,27,31,34,70,74,79-80,84-85H,3-11,13,15-17,19,21-24,26,28-30,32-33,35-69,71-73,75-78H2,1-2H3,(H,83,86)/b14-12-,20-18-,27-25-,34-31-,74-70+. The van der Waals surface area contributed by atoms with Crippen molar-refractivity contribution in [2.45, 2.75) is 437 Å². The second-order valence-corrected chi connectivity index (χ2v) is 27.0. The highest BCUT2D eigenvalue weighted by molar-refractivity contribution is 5.76. The number of nitrogens with one attached hydrogen (secondary N) is 1. The van der Waals surface area contributed by atoms with Crippen molar-refractivity contribution < 1.29 is 24.5 Å². The van der Waals surface area contributed by atoms with Crippen LogP contribution in [0.2, 0.25) is 0 Å². The van der Waals surface area contributed by atoms with E-state index in [0.29, 0.717) is 19.4 Å². The van der Waals surface area contributed by atoms with Crippen LogP contribution in [0, 0.1) is 0 Å². The minimum absolute atomic E-state index is 0.00822. The second-order valence-electron chi connectivity index (χ2n) is 27.0. The minimum atomic E-state index is -0.848. The van der Waals surface area contributed by atoms with Gasteiger partial charge >= 0.3 is 5.97 Å². The highest BCUT2D eigenvalue weighted by atomic mass is 16.5. The minimum Gasteiger partial charge on any atom is -0.466 e. The highest BCUT2D eigenvalue weighted by Gasteiger charge is 2.18. The maximum atomic E-state index is 12.5. The molecule has 6 heteroatoms. The fourth-order valence-electron chi connectivity index (χ4n) is 12.2. The molecule has 0 aromatic rings. The van der Waals surface area contributed by atoms with Crippen molar-refractivity contribution >= 4 is 11.9 Å². The van der Waals surface area contributed by atoms with Crippen LogP contribution in [0.15, 0.2) is 60.8 Å². The second kappa shape index (κ2) is 77.0. The van der Waals surface area contributed by atoms with Crippen LogP contribution in [0.3, 0.4) is 0 Å². The number of esters is 1. The molecule has 0 saturated carbocycles. The maximum Gasteiger partial charge on any atom is 0.305 e. The van der Waals surface area contributed by atoms with E-state index in [4.69, 9.17) is 4.74 Å². The molecule has 0 heterocycles. The Labute approximate surface area is 549 Å². The molecule has 0 aliphatic heterocycles. The average Bonchev–Trinajstić information content (AvgIpc) is 3.58. The number of allylic oxidation sites excluding steroid dienone is 9. The number of hydrogen-bond donors (Lipinski definition) is 3. The van der Waals surface area contributed by atoms with Crippen molar-refractivity contribution in [2.24, 2.45) is 0 Å². The zero-order valence-corrected chi connectivity index (χ0v) is 59.2. The van der Waals surface area contributed by atoms with E-state index in [9.17, 15) is 19.8 Å². The first-order valence-corrected chi connectivity index (χ1v) is 39.6. The summed E-state index contributed by atoms with van der Waals surface area (Å²) in [5.74, 6) is -0.0569. The van der Waals surface area contributed by atoms with Crippen LogP contribution >= 0.6 is 0 Å². The number of carbonyl (C=O) groups excluding carboxylic acids is 2. The normalized spacial score (nSPS) is 12.8. The van der Waals surface area contributed by atoms with Gasteiger partial charge in [-0.05, 0) is 96.3 Å². The van der Waals surface area contributed by atoms with Crippen LogP contribution in [0.5, 0.6) is 0 Å². The van der Waals surface area contributed by atoms with Gasteiger partial charge in [-0.1, -0.05) is 376 Å². The molecule has 0 bridgehead atoms. The molecule has 1 amide bonds. The number of rotatable bonds is 74. The Hall–Kier alpha value is -2.44. The van der Waals surface area contributed by atoms with Gasteiger partial charge in [0.25, 0.3) is 0 Å². The Balaban J connectivity index is 3.42. The number of ether oxygens (including phenoxy) is 1. The van der Waals surface area contributed by atoms with Gasteiger partial charge in [-0.2, -0.15) is 0 Å². The first kappa shape index (κ1) is 85.6. The Morgan fingerprint density at radius 2 is 0.568 bits per heavy atom. The Morgan fingerprint density at radius 1 is 0.318 bits per heavy atom. The van der Waals surface area contributed by atoms with Crippen LogP contribution in [0.1, 0.15) is 425 Å². The molecule has 0 saturated heterocycles. The van der Waals surface area contributed by atoms with Gasteiger partial charge in [0.2, 0.25) is 5.91 Å². The Bertz CT molecular complexity index is 1520. The summed E-state index contributed by atoms with van der Waals surface area (Å²) in [6.07, 6.45) is 103. The van der Waals surface area contributed by atoms with Gasteiger partial charge in [0.1, 0.15) is 0 Å². The van der Waals surface area contributed by atoms with E-state index in [0.717, 1.165) is 57.8 Å². The third-order valence-corrected chi connectivity index (χ3v) is 18.3. The molecule has 0 aliphatic carbocycles. The summed E-state index contributed by atoms with van der Waals surface area (Å²) in [6, 6.07) is -0.631. The van der Waals surface area contributed by atoms with Crippen molar-refractivity contribution in [1.29, 1.82) is 0 Å². The fourth-order valence-corrected chi connectivity index (χ4v) is 12.2. The smallest absolute Gasteiger partial charge is 0.305 e. The molecule has 0 rings (SSSR count). The van der Waals surface area contributed by atoms with Crippen LogP contribution in [-0.4, -0.2) is 47.4 Å². The first-order valence-electron chi connectivity index (χ1n) is 39.6. The third kappa shape index (κ3) is 72.6. The van der Waals surface area contributed by atoms with Crippen molar-refractivity contribution in [1.82, 2.24) is 5.32 Å². The number of hydrogen-bond acceptors (Lipinski definition) is 5. The largest absolute Gasteiger partial charge is 0.466 e. The zero-order valence-electron chi connectivity index (χ0n) is 59.2. The Morgan fingerprint density at radius 3 is 0.886 bits per heavy atom. The topological polar surface area (TPSA) is 95.9 Å². The number of aliphatic hydroxyl groups excluding tert-OH is 2. The van der Waals surface area contributed by atoms with Gasteiger partial charge < -0.3 is 20.3 Å². The molecule has 6 nitrogen and oxygen atoms in total. The van der Waals surface area contributed by atoms with E-state index in [1.807, 2.05) is 6.08 Å². The molecule has 88 heavy (non-hydrogen) atoms. The summed E-state index contributed by atoms with van der Waals surface area (Å²) >= 11 is 0. The predicted molar refractivity (Wildman–Crippen MR) is 389 cm³/mol. The highest BCUT2D eigenvalue weighted by Crippen LogP contribution is 2.19. The molecule has 0 aliphatic rings. The number of aliphatic hydroxyl groups is 2. The number of carbonyl (C=O) groups is 2. The molecular formula is C82H153NO5. The lowest BCUT2D eigenvalue weighted by molar-refractivity contribution is -0.143. The maximum absolute atomic E-state index is 12.5. The van der Waals surface area contributed by atoms with Gasteiger partial charge in [-0.3, -0.25) is 9.59 Å². The van der Waals surface area contributed by atoms with Gasteiger partial charge in [-0.15, -0.1) is 0 Å². The van der Waals surface area contributed by atoms with Crippen molar-refractivity contribution in [3.63, 3.8) is 0 Å². The predicted octanol–water partition coefficient (Wildman–Crippen LogP) is 26.2. The lowest BCUT2D eigenvalue weighted by Gasteiger charge is -2.20. The third-order valence-electron chi connectivity index (χ3n) is 18.3. The average molecular weight is 1230 g/mol. The first-order chi connectivity index (χ1) is 43.5. The summed E-state index contributed by atoms with van der Waals surface area (Å²) in [6.45, 7) is 4.91. The summed E-state index contributed by atoms with van der Waals surface area (Å²) in [5, 5.41) is 23.3. The number of unbranched alkanes of at least 4 members (excludes halogenated alkanes) is 55. The van der Waals surface area contributed by atoms with Crippen molar-refractivity contribution in [2.75, 3.05) is 13.2 Å². The molecule has 0 aromatic carbocycles. The van der Waals surface area contributed by atoms with E-state index in [-0.39, 0.29) is 18.5 Å². The molecular weight excluding hydrogens is 1080 g/mol. The zero-order chi connectivity index (χ0) is 63.5. The van der Waals surface area contributed by atoms with Gasteiger partial charge in [0.15, 0.2) is 0 Å². The van der Waals surface area contributed by atoms with Crippen molar-refractivity contribution in [3.05, 3.63) is 60.8 Å². The summed E-state index contributed by atoms with van der Waals surface area (Å²) in [5.41, 5.74) is 0. The van der Waals surface area contributed by atoms with Gasteiger partial charge in [-0.25, -0.2) is 0 Å². The fraction of sp³-hybridized carbons (Fsp3) is 0.854. The lowest BCUT2D eigenvalue weighted by Crippen LogP contribution is -2.45. The summed E-state index contributed by atoms with van der Waals surface area (Å²) in [4.78, 5) is 24.7. The molecule has 3 N–H and O–H groups in total. The SMILES string of the molecule is CCCCC/C=C\C/C=C\CCCCCCCCCCCC(=O)OCCCCCCCCCCC/C=C\C/C=C\CCCCCCCCCCCCCCCC(=O)NC(CO)C(O)/C=C/CCCCCCCCCCCCCCCCCCCCCCC. The quantitative estimate of drug-likeness (QED) is 0.0320. The van der Waals surface area contributed by atoms with Crippen LogP contribution in [0.4, 0.5) is 0 Å². The van der Waals surface area contributed by atoms with E-state index < -0.39 is 12.1 Å². The van der Waals surface area contributed by atoms with E-state index in [2.05, 4.69) is 67.8 Å². The number of amides is 1. The lowest BCUT2D eigenvalue weighted by atomic mass is 10.0. The summed E-state index contributed by atoms with van der Waals surface area (Å²) < 4.78 is 5.51.